The van der Waals surface area contributed by atoms with Crippen LogP contribution in [0.4, 0.5) is 5.69 Å². The van der Waals surface area contributed by atoms with Crippen LogP contribution >= 0.6 is 11.8 Å². The Bertz CT molecular complexity index is 413. The molecule has 0 amide bonds. The number of thioether (sulfide) groups is 1. The summed E-state index contributed by atoms with van der Waals surface area (Å²) in [4.78, 5) is 8.31. The lowest BCUT2D eigenvalue weighted by Crippen LogP contribution is -2.21. The van der Waals surface area contributed by atoms with Crippen molar-refractivity contribution in [1.29, 1.82) is 0 Å². The molecule has 1 rings (SSSR count). The number of hydrogen-bond acceptors (Lipinski definition) is 3. The van der Waals surface area contributed by atoms with E-state index >= 15 is 0 Å². The highest BCUT2D eigenvalue weighted by Crippen LogP contribution is 2.20. The van der Waals surface area contributed by atoms with Crippen molar-refractivity contribution in [2.75, 3.05) is 5.75 Å². The van der Waals surface area contributed by atoms with Crippen LogP contribution in [0.1, 0.15) is 64.7 Å². The van der Waals surface area contributed by atoms with Gasteiger partial charge in [0.15, 0.2) is 5.96 Å². The minimum absolute atomic E-state index is 0.0666. The van der Waals surface area contributed by atoms with Gasteiger partial charge in [-0.2, -0.15) is 0 Å². The second-order valence-corrected chi connectivity index (χ2v) is 6.68. The fraction of sp³-hybridized carbons (Fsp3) is 0.647. The highest BCUT2D eigenvalue weighted by molar-refractivity contribution is 7.99. The third-order valence-electron chi connectivity index (χ3n) is 3.48. The van der Waals surface area contributed by atoms with Crippen LogP contribution in [0.15, 0.2) is 28.3 Å². The maximum Gasteiger partial charge on any atom is 0.191 e. The molecule has 0 radical (unpaired) electrons. The highest BCUT2D eigenvalue weighted by Gasteiger charge is 1.97. The number of hydrogen-bond donors (Lipinski definition) is 2. The largest absolute Gasteiger partial charge is 0.370 e. The fourth-order valence-corrected chi connectivity index (χ4v) is 3.11. The van der Waals surface area contributed by atoms with E-state index in [1.807, 2.05) is 12.1 Å². The van der Waals surface area contributed by atoms with E-state index in [9.17, 15) is 0 Å². The van der Waals surface area contributed by atoms with Crippen molar-refractivity contribution < 1.29 is 0 Å². The van der Waals surface area contributed by atoms with E-state index < -0.39 is 0 Å². The van der Waals surface area contributed by atoms with E-state index in [1.165, 1.54) is 57.8 Å². The van der Waals surface area contributed by atoms with Gasteiger partial charge in [0, 0.05) is 0 Å². The molecule has 4 N–H and O–H groups in total. The number of nitrogens with two attached hydrogens (primary N) is 2. The molecule has 0 spiro atoms. The van der Waals surface area contributed by atoms with Crippen LogP contribution in [0.2, 0.25) is 0 Å². The van der Waals surface area contributed by atoms with Crippen molar-refractivity contribution in [2.24, 2.45) is 16.5 Å². The van der Waals surface area contributed by atoms with Gasteiger partial charge in [0.1, 0.15) is 0 Å². The average Bonchev–Trinajstić information content (AvgIpc) is 2.50. The number of pyridine rings is 1. The monoisotopic (exact) mass is 322 g/mol. The van der Waals surface area contributed by atoms with Crippen LogP contribution in [0.3, 0.4) is 0 Å². The van der Waals surface area contributed by atoms with Crippen LogP contribution in [-0.2, 0) is 0 Å². The summed E-state index contributed by atoms with van der Waals surface area (Å²) in [6.45, 7) is 2.26. The molecule has 0 unspecified atom stereocenters. The van der Waals surface area contributed by atoms with Crippen LogP contribution < -0.4 is 11.5 Å². The first-order valence-corrected chi connectivity index (χ1v) is 9.39. The van der Waals surface area contributed by atoms with E-state index in [2.05, 4.69) is 16.9 Å². The van der Waals surface area contributed by atoms with Crippen LogP contribution in [0, 0.1) is 0 Å². The molecule has 0 fully saturated rings. The molecule has 0 aliphatic heterocycles. The van der Waals surface area contributed by atoms with Crippen molar-refractivity contribution in [3.63, 3.8) is 0 Å². The lowest BCUT2D eigenvalue weighted by Gasteiger charge is -2.03. The number of aromatic nitrogens is 1. The molecule has 0 aliphatic rings. The summed E-state index contributed by atoms with van der Waals surface area (Å²) in [7, 11) is 0. The maximum absolute atomic E-state index is 5.33. The lowest BCUT2D eigenvalue weighted by molar-refractivity contribution is 0.573. The second-order valence-electron chi connectivity index (χ2n) is 5.57. The van der Waals surface area contributed by atoms with Gasteiger partial charge in [-0.3, -0.25) is 0 Å². The Kier molecular flexibility index (Phi) is 10.5. The minimum Gasteiger partial charge on any atom is -0.370 e. The van der Waals surface area contributed by atoms with Gasteiger partial charge >= 0.3 is 0 Å². The molecule has 0 aliphatic carbocycles. The molecule has 5 heteroatoms. The summed E-state index contributed by atoms with van der Waals surface area (Å²) in [5, 5.41) is 1.04. The smallest absolute Gasteiger partial charge is 0.191 e. The molecule has 124 valence electrons. The molecule has 0 bridgehead atoms. The Morgan fingerprint density at radius 1 is 1.00 bits per heavy atom. The van der Waals surface area contributed by atoms with E-state index in [0.717, 1.165) is 10.8 Å². The van der Waals surface area contributed by atoms with Gasteiger partial charge in [-0.1, -0.05) is 58.3 Å². The molecule has 1 aromatic heterocycles. The molecule has 1 heterocycles. The van der Waals surface area contributed by atoms with Crippen LogP contribution in [-0.4, -0.2) is 16.7 Å². The summed E-state index contributed by atoms with van der Waals surface area (Å²) in [5.41, 5.74) is 11.4. The van der Waals surface area contributed by atoms with E-state index in [-0.39, 0.29) is 5.96 Å². The number of guanidine groups is 1. The zero-order valence-corrected chi connectivity index (χ0v) is 14.6. The van der Waals surface area contributed by atoms with Crippen molar-refractivity contribution in [3.05, 3.63) is 18.3 Å². The zero-order chi connectivity index (χ0) is 16.0. The molecule has 0 atom stereocenters. The quantitative estimate of drug-likeness (QED) is 0.255. The first-order chi connectivity index (χ1) is 10.7. The Hall–Kier alpha value is -1.23. The van der Waals surface area contributed by atoms with E-state index in [0.29, 0.717) is 5.69 Å². The molecular formula is C17H30N4S. The third-order valence-corrected chi connectivity index (χ3v) is 4.51. The predicted molar refractivity (Wildman–Crippen MR) is 97.7 cm³/mol. The fourth-order valence-electron chi connectivity index (χ4n) is 2.26. The summed E-state index contributed by atoms with van der Waals surface area (Å²) in [5.74, 6) is 1.20. The molecule has 0 saturated heterocycles. The standard InChI is InChI=1S/C17H30N4S/c1-2-3-4-5-6-7-8-9-10-13-22-16-12-11-15(14-20-16)21-17(18)19/h11-12,14H,2-10,13H2,1H3,(H4,18,19,21). The van der Waals surface area contributed by atoms with Crippen molar-refractivity contribution >= 4 is 23.4 Å². The minimum atomic E-state index is 0.0666. The van der Waals surface area contributed by atoms with Crippen molar-refractivity contribution in [1.82, 2.24) is 4.98 Å². The van der Waals surface area contributed by atoms with Gasteiger partial charge in [-0.15, -0.1) is 11.8 Å². The first kappa shape index (κ1) is 18.8. The zero-order valence-electron chi connectivity index (χ0n) is 13.8. The number of nitrogens with zero attached hydrogens (tertiary/aromatic N) is 2. The van der Waals surface area contributed by atoms with Gasteiger partial charge in [-0.25, -0.2) is 9.98 Å². The molecular weight excluding hydrogens is 292 g/mol. The Balaban J connectivity index is 2.02. The lowest BCUT2D eigenvalue weighted by atomic mass is 10.1. The van der Waals surface area contributed by atoms with Crippen LogP contribution in [0.5, 0.6) is 0 Å². The van der Waals surface area contributed by atoms with Gasteiger partial charge in [0.2, 0.25) is 0 Å². The van der Waals surface area contributed by atoms with Gasteiger partial charge < -0.3 is 11.5 Å². The SMILES string of the molecule is CCCCCCCCCCCSc1ccc(N=C(N)N)cn1. The van der Waals surface area contributed by atoms with Gasteiger partial charge in [-0.05, 0) is 24.3 Å². The molecule has 0 saturated carbocycles. The first-order valence-electron chi connectivity index (χ1n) is 8.41. The summed E-state index contributed by atoms with van der Waals surface area (Å²) in [6, 6.07) is 3.87. The van der Waals surface area contributed by atoms with E-state index in [4.69, 9.17) is 11.5 Å². The summed E-state index contributed by atoms with van der Waals surface area (Å²) in [6.07, 6.45) is 14.0. The van der Waals surface area contributed by atoms with Gasteiger partial charge in [0.05, 0.1) is 16.9 Å². The molecule has 22 heavy (non-hydrogen) atoms. The van der Waals surface area contributed by atoms with Gasteiger partial charge in [0.25, 0.3) is 0 Å². The summed E-state index contributed by atoms with van der Waals surface area (Å²) < 4.78 is 0. The van der Waals surface area contributed by atoms with Crippen LogP contribution in [0.25, 0.3) is 0 Å². The molecule has 0 aromatic carbocycles. The van der Waals surface area contributed by atoms with Crippen molar-refractivity contribution in [3.8, 4) is 0 Å². The molecule has 4 nitrogen and oxygen atoms in total. The number of aliphatic imine (C=N–C) groups is 1. The Morgan fingerprint density at radius 2 is 1.64 bits per heavy atom. The average molecular weight is 323 g/mol. The van der Waals surface area contributed by atoms with E-state index in [1.54, 1.807) is 18.0 Å². The number of rotatable bonds is 12. The normalized spacial score (nSPS) is 10.6. The molecule has 1 aromatic rings. The maximum atomic E-state index is 5.33. The Morgan fingerprint density at radius 3 is 2.18 bits per heavy atom. The van der Waals surface area contributed by atoms with Crippen molar-refractivity contribution in [2.45, 2.75) is 69.7 Å². The highest BCUT2D eigenvalue weighted by atomic mass is 32.2. The summed E-state index contributed by atoms with van der Waals surface area (Å²) >= 11 is 1.80. The third kappa shape index (κ3) is 9.66. The topological polar surface area (TPSA) is 77.3 Å². The Labute approximate surface area is 139 Å². The second kappa shape index (κ2) is 12.3. The predicted octanol–water partition coefficient (Wildman–Crippen LogP) is 4.61. The number of unbranched alkanes of at least 4 members (excludes halogenated alkanes) is 8.